The monoisotopic (exact) mass is 194 g/mol. The first-order chi connectivity index (χ1) is 6.74. The smallest absolute Gasteiger partial charge is 0.0635 e. The van der Waals surface area contributed by atoms with Crippen LogP contribution in [0.4, 0.5) is 0 Å². The topological polar surface area (TPSA) is 27.0 Å². The number of likely N-dealkylation sites (tertiary alicyclic amines) is 1. The molecule has 1 aliphatic heterocycles. The number of nitrogens with zero attached hydrogens (tertiary/aromatic N) is 2. The molecule has 0 radical (unpaired) electrons. The van der Waals surface area contributed by atoms with Gasteiger partial charge < -0.3 is 4.90 Å². The van der Waals surface area contributed by atoms with Gasteiger partial charge in [-0.05, 0) is 44.2 Å². The number of nitriles is 1. The normalized spacial score (nSPS) is 24.6. The van der Waals surface area contributed by atoms with E-state index >= 15 is 0 Å². The molecule has 0 aromatic carbocycles. The van der Waals surface area contributed by atoms with Gasteiger partial charge in [-0.15, -0.1) is 0 Å². The minimum atomic E-state index is 0.687. The zero-order valence-corrected chi connectivity index (χ0v) is 9.50. The van der Waals surface area contributed by atoms with E-state index in [1.54, 1.807) is 0 Å². The largest absolute Gasteiger partial charge is 0.302 e. The summed E-state index contributed by atoms with van der Waals surface area (Å²) in [7, 11) is 0. The van der Waals surface area contributed by atoms with Gasteiger partial charge in [0.25, 0.3) is 0 Å². The quantitative estimate of drug-likeness (QED) is 0.690. The van der Waals surface area contributed by atoms with Crippen molar-refractivity contribution in [3.05, 3.63) is 0 Å². The maximum atomic E-state index is 8.53. The van der Waals surface area contributed by atoms with E-state index in [9.17, 15) is 0 Å². The van der Waals surface area contributed by atoms with Gasteiger partial charge in [0, 0.05) is 13.0 Å². The lowest BCUT2D eigenvalue weighted by Crippen LogP contribution is -2.26. The lowest BCUT2D eigenvalue weighted by molar-refractivity contribution is 0.277. The summed E-state index contributed by atoms with van der Waals surface area (Å²) in [6.07, 6.45) is 4.70. The van der Waals surface area contributed by atoms with Crippen LogP contribution in [0.25, 0.3) is 0 Å². The molecule has 1 rings (SSSR count). The van der Waals surface area contributed by atoms with Crippen molar-refractivity contribution in [1.82, 2.24) is 4.90 Å². The van der Waals surface area contributed by atoms with Gasteiger partial charge in [0.15, 0.2) is 0 Å². The van der Waals surface area contributed by atoms with E-state index in [2.05, 4.69) is 24.8 Å². The Labute approximate surface area is 87.9 Å². The molecule has 1 fully saturated rings. The van der Waals surface area contributed by atoms with E-state index in [4.69, 9.17) is 5.26 Å². The number of hydrogen-bond acceptors (Lipinski definition) is 2. The molecule has 0 aromatic rings. The Bertz CT molecular complexity index is 193. The fourth-order valence-corrected chi connectivity index (χ4v) is 2.28. The Balaban J connectivity index is 2.30. The first-order valence-electron chi connectivity index (χ1n) is 5.83. The summed E-state index contributed by atoms with van der Waals surface area (Å²) in [6, 6.07) is 2.23. The lowest BCUT2D eigenvalue weighted by Gasteiger charge is -2.20. The van der Waals surface area contributed by atoms with Gasteiger partial charge in [-0.2, -0.15) is 5.26 Å². The molecule has 2 heteroatoms. The summed E-state index contributed by atoms with van der Waals surface area (Å²) in [6.45, 7) is 8.03. The van der Waals surface area contributed by atoms with E-state index in [0.717, 1.165) is 18.4 Å². The highest BCUT2D eigenvalue weighted by Gasteiger charge is 2.18. The highest BCUT2D eigenvalue weighted by Crippen LogP contribution is 2.24. The van der Waals surface area contributed by atoms with Crippen molar-refractivity contribution < 1.29 is 0 Å². The molecule has 0 N–H and O–H groups in total. The Morgan fingerprint density at radius 3 is 2.79 bits per heavy atom. The standard InChI is InChI=1S/C12H22N2/c1-11(2)12-5-3-8-14(10-6-12)9-4-7-13/h11-12H,3-6,8-10H2,1-2H3. The molecule has 0 aromatic heterocycles. The molecule has 0 bridgehead atoms. The van der Waals surface area contributed by atoms with Crippen molar-refractivity contribution in [3.63, 3.8) is 0 Å². The molecule has 0 saturated carbocycles. The minimum absolute atomic E-state index is 0.687. The molecule has 2 nitrogen and oxygen atoms in total. The minimum Gasteiger partial charge on any atom is -0.302 e. The average molecular weight is 194 g/mol. The summed E-state index contributed by atoms with van der Waals surface area (Å²) in [5, 5.41) is 8.53. The van der Waals surface area contributed by atoms with Crippen LogP contribution >= 0.6 is 0 Å². The van der Waals surface area contributed by atoms with Crippen LogP contribution < -0.4 is 0 Å². The Hall–Kier alpha value is -0.550. The second-order valence-corrected chi connectivity index (χ2v) is 4.68. The second kappa shape index (κ2) is 6.03. The summed E-state index contributed by atoms with van der Waals surface area (Å²) in [4.78, 5) is 2.45. The third-order valence-corrected chi connectivity index (χ3v) is 3.35. The van der Waals surface area contributed by atoms with Gasteiger partial charge in [0.2, 0.25) is 0 Å². The molecule has 1 unspecified atom stereocenters. The highest BCUT2D eigenvalue weighted by atomic mass is 15.1. The van der Waals surface area contributed by atoms with Crippen molar-refractivity contribution >= 4 is 0 Å². The molecule has 14 heavy (non-hydrogen) atoms. The van der Waals surface area contributed by atoms with Crippen molar-refractivity contribution in [2.75, 3.05) is 19.6 Å². The molecular weight excluding hydrogens is 172 g/mol. The van der Waals surface area contributed by atoms with E-state index < -0.39 is 0 Å². The Morgan fingerprint density at radius 1 is 1.36 bits per heavy atom. The SMILES string of the molecule is CC(C)C1CCCN(CCC#N)CC1. The molecule has 80 valence electrons. The fourth-order valence-electron chi connectivity index (χ4n) is 2.28. The first kappa shape index (κ1) is 11.5. The molecular formula is C12H22N2. The van der Waals surface area contributed by atoms with Gasteiger partial charge in [0.05, 0.1) is 6.07 Å². The van der Waals surface area contributed by atoms with Crippen molar-refractivity contribution in [3.8, 4) is 6.07 Å². The van der Waals surface area contributed by atoms with Crippen LogP contribution in [0.15, 0.2) is 0 Å². The predicted molar refractivity (Wildman–Crippen MR) is 58.8 cm³/mol. The summed E-state index contributed by atoms with van der Waals surface area (Å²) >= 11 is 0. The Kier molecular flexibility index (Phi) is 4.97. The van der Waals surface area contributed by atoms with Gasteiger partial charge >= 0.3 is 0 Å². The van der Waals surface area contributed by atoms with Crippen molar-refractivity contribution in [2.45, 2.75) is 39.5 Å². The van der Waals surface area contributed by atoms with Crippen LogP contribution in [0.3, 0.4) is 0 Å². The van der Waals surface area contributed by atoms with E-state index in [1.165, 1.54) is 32.4 Å². The molecule has 1 aliphatic rings. The third kappa shape index (κ3) is 3.67. The molecule has 0 spiro atoms. The van der Waals surface area contributed by atoms with Crippen LogP contribution in [0.2, 0.25) is 0 Å². The van der Waals surface area contributed by atoms with Gasteiger partial charge in [0.1, 0.15) is 0 Å². The predicted octanol–water partition coefficient (Wildman–Crippen LogP) is 2.66. The zero-order valence-electron chi connectivity index (χ0n) is 9.50. The third-order valence-electron chi connectivity index (χ3n) is 3.35. The zero-order chi connectivity index (χ0) is 10.4. The summed E-state index contributed by atoms with van der Waals surface area (Å²) in [5.74, 6) is 1.73. The van der Waals surface area contributed by atoms with Gasteiger partial charge in [-0.25, -0.2) is 0 Å². The summed E-state index contributed by atoms with van der Waals surface area (Å²) < 4.78 is 0. The molecule has 0 amide bonds. The number of rotatable bonds is 3. The van der Waals surface area contributed by atoms with Crippen molar-refractivity contribution in [1.29, 1.82) is 5.26 Å². The van der Waals surface area contributed by atoms with E-state index in [1.807, 2.05) is 0 Å². The lowest BCUT2D eigenvalue weighted by atomic mass is 9.89. The van der Waals surface area contributed by atoms with E-state index in [-0.39, 0.29) is 0 Å². The molecule has 0 aliphatic carbocycles. The van der Waals surface area contributed by atoms with Crippen LogP contribution in [0.1, 0.15) is 39.5 Å². The van der Waals surface area contributed by atoms with Crippen LogP contribution in [-0.2, 0) is 0 Å². The molecule has 1 atom stereocenters. The first-order valence-corrected chi connectivity index (χ1v) is 5.83. The maximum Gasteiger partial charge on any atom is 0.0635 e. The average Bonchev–Trinajstić information content (AvgIpc) is 2.39. The van der Waals surface area contributed by atoms with Gasteiger partial charge in [-0.1, -0.05) is 13.8 Å². The van der Waals surface area contributed by atoms with Crippen LogP contribution in [0, 0.1) is 23.2 Å². The van der Waals surface area contributed by atoms with Crippen molar-refractivity contribution in [2.24, 2.45) is 11.8 Å². The van der Waals surface area contributed by atoms with Crippen LogP contribution in [-0.4, -0.2) is 24.5 Å². The molecule has 1 heterocycles. The fraction of sp³-hybridized carbons (Fsp3) is 0.917. The Morgan fingerprint density at radius 2 is 2.14 bits per heavy atom. The van der Waals surface area contributed by atoms with Crippen LogP contribution in [0.5, 0.6) is 0 Å². The van der Waals surface area contributed by atoms with E-state index in [0.29, 0.717) is 6.42 Å². The highest BCUT2D eigenvalue weighted by molar-refractivity contribution is 4.76. The number of hydrogen-bond donors (Lipinski definition) is 0. The maximum absolute atomic E-state index is 8.53. The van der Waals surface area contributed by atoms with Gasteiger partial charge in [-0.3, -0.25) is 0 Å². The second-order valence-electron chi connectivity index (χ2n) is 4.68. The molecule has 1 saturated heterocycles. The summed E-state index contributed by atoms with van der Waals surface area (Å²) in [5.41, 5.74) is 0.